The van der Waals surface area contributed by atoms with Gasteiger partial charge in [0.1, 0.15) is 6.61 Å². The standard InChI is InChI=1S/C25H25N3O3/c1-2-30-24-14-19(9-10-23(24)31-17-18-6-5-12-26-15-18)25(29)27-13-11-20-16-28-22-8-4-3-7-21(20)22/h3-10,12,14-16,28H,2,11,13,17H2,1H3,(H,27,29). The molecule has 0 bridgehead atoms. The lowest BCUT2D eigenvalue weighted by Crippen LogP contribution is -2.25. The Hall–Kier alpha value is -3.80. The summed E-state index contributed by atoms with van der Waals surface area (Å²) in [5.74, 6) is 1.01. The van der Waals surface area contributed by atoms with Gasteiger partial charge in [-0.15, -0.1) is 0 Å². The van der Waals surface area contributed by atoms with E-state index in [1.54, 1.807) is 30.6 Å². The first kappa shape index (κ1) is 20.5. The van der Waals surface area contributed by atoms with Crippen molar-refractivity contribution in [3.63, 3.8) is 0 Å². The molecule has 6 nitrogen and oxygen atoms in total. The molecule has 2 aromatic heterocycles. The number of H-pyrrole nitrogens is 1. The average Bonchev–Trinajstić information content (AvgIpc) is 3.22. The highest BCUT2D eigenvalue weighted by atomic mass is 16.5. The summed E-state index contributed by atoms with van der Waals surface area (Å²) in [6.45, 7) is 3.31. The van der Waals surface area contributed by atoms with Gasteiger partial charge in [0.25, 0.3) is 5.91 Å². The van der Waals surface area contributed by atoms with E-state index in [-0.39, 0.29) is 5.91 Å². The number of fused-ring (bicyclic) bond motifs is 1. The molecular weight excluding hydrogens is 390 g/mol. The summed E-state index contributed by atoms with van der Waals surface area (Å²) >= 11 is 0. The number of aromatic nitrogens is 2. The van der Waals surface area contributed by atoms with Crippen LogP contribution in [-0.4, -0.2) is 29.0 Å². The summed E-state index contributed by atoms with van der Waals surface area (Å²) in [7, 11) is 0. The molecule has 2 aromatic carbocycles. The number of pyridine rings is 1. The molecule has 2 N–H and O–H groups in total. The van der Waals surface area contributed by atoms with Crippen LogP contribution < -0.4 is 14.8 Å². The number of para-hydroxylation sites is 1. The highest BCUT2D eigenvalue weighted by Gasteiger charge is 2.12. The minimum absolute atomic E-state index is 0.139. The Bertz CT molecular complexity index is 1160. The van der Waals surface area contributed by atoms with Crippen molar-refractivity contribution >= 4 is 16.8 Å². The van der Waals surface area contributed by atoms with Crippen LogP contribution in [0, 0.1) is 0 Å². The maximum Gasteiger partial charge on any atom is 0.251 e. The SMILES string of the molecule is CCOc1cc(C(=O)NCCc2c[nH]c3ccccc23)ccc1OCc1cccnc1. The van der Waals surface area contributed by atoms with E-state index in [2.05, 4.69) is 21.4 Å². The van der Waals surface area contributed by atoms with Crippen molar-refractivity contribution in [2.75, 3.05) is 13.2 Å². The number of hydrogen-bond acceptors (Lipinski definition) is 4. The smallest absolute Gasteiger partial charge is 0.251 e. The molecule has 0 unspecified atom stereocenters. The Balaban J connectivity index is 1.38. The number of ether oxygens (including phenoxy) is 2. The van der Waals surface area contributed by atoms with Gasteiger partial charge in [-0.05, 0) is 49.2 Å². The van der Waals surface area contributed by atoms with Crippen molar-refractivity contribution in [1.29, 1.82) is 0 Å². The van der Waals surface area contributed by atoms with Gasteiger partial charge in [-0.1, -0.05) is 24.3 Å². The zero-order valence-electron chi connectivity index (χ0n) is 17.4. The van der Waals surface area contributed by atoms with E-state index >= 15 is 0 Å². The summed E-state index contributed by atoms with van der Waals surface area (Å²) in [6, 6.07) is 17.2. The second-order valence-corrected chi connectivity index (χ2v) is 7.11. The van der Waals surface area contributed by atoms with Gasteiger partial charge in [-0.2, -0.15) is 0 Å². The van der Waals surface area contributed by atoms with Gasteiger partial charge in [0, 0.05) is 47.2 Å². The largest absolute Gasteiger partial charge is 0.490 e. The Labute approximate surface area is 181 Å². The summed E-state index contributed by atoms with van der Waals surface area (Å²) < 4.78 is 11.6. The minimum Gasteiger partial charge on any atom is -0.490 e. The number of nitrogens with one attached hydrogen (secondary N) is 2. The predicted molar refractivity (Wildman–Crippen MR) is 121 cm³/mol. The average molecular weight is 415 g/mol. The molecule has 158 valence electrons. The lowest BCUT2D eigenvalue weighted by molar-refractivity contribution is 0.0953. The maximum atomic E-state index is 12.7. The van der Waals surface area contributed by atoms with Gasteiger partial charge in [0.05, 0.1) is 6.61 Å². The molecule has 0 aliphatic rings. The molecule has 6 heteroatoms. The van der Waals surface area contributed by atoms with Crippen LogP contribution in [0.3, 0.4) is 0 Å². The molecule has 0 atom stereocenters. The number of rotatable bonds is 9. The van der Waals surface area contributed by atoms with Crippen molar-refractivity contribution < 1.29 is 14.3 Å². The van der Waals surface area contributed by atoms with Gasteiger partial charge in [0.15, 0.2) is 11.5 Å². The molecule has 0 fully saturated rings. The van der Waals surface area contributed by atoms with Gasteiger partial charge in [0.2, 0.25) is 0 Å². The molecule has 4 rings (SSSR count). The number of carbonyl (C=O) groups is 1. The topological polar surface area (TPSA) is 76.2 Å². The zero-order chi connectivity index (χ0) is 21.5. The number of benzene rings is 2. The highest BCUT2D eigenvalue weighted by molar-refractivity contribution is 5.95. The zero-order valence-corrected chi connectivity index (χ0v) is 17.4. The molecule has 0 aliphatic carbocycles. The van der Waals surface area contributed by atoms with Crippen molar-refractivity contribution in [1.82, 2.24) is 15.3 Å². The minimum atomic E-state index is -0.139. The molecule has 2 heterocycles. The van der Waals surface area contributed by atoms with Crippen molar-refractivity contribution in [2.24, 2.45) is 0 Å². The van der Waals surface area contributed by atoms with Crippen LogP contribution in [0.5, 0.6) is 11.5 Å². The van der Waals surface area contributed by atoms with Gasteiger partial charge < -0.3 is 19.8 Å². The number of carbonyl (C=O) groups excluding carboxylic acids is 1. The number of amides is 1. The molecule has 0 radical (unpaired) electrons. The molecule has 0 saturated heterocycles. The monoisotopic (exact) mass is 415 g/mol. The summed E-state index contributed by atoms with van der Waals surface area (Å²) in [5, 5.41) is 4.18. The van der Waals surface area contributed by atoms with Crippen LogP contribution in [-0.2, 0) is 13.0 Å². The predicted octanol–water partition coefficient (Wildman–Crippen LogP) is 4.51. The molecule has 0 aliphatic heterocycles. The highest BCUT2D eigenvalue weighted by Crippen LogP contribution is 2.29. The van der Waals surface area contributed by atoms with E-state index in [1.165, 1.54) is 10.9 Å². The molecule has 1 amide bonds. The van der Waals surface area contributed by atoms with Gasteiger partial charge in [-0.25, -0.2) is 0 Å². The fraction of sp³-hybridized carbons (Fsp3) is 0.200. The van der Waals surface area contributed by atoms with Crippen LogP contribution in [0.2, 0.25) is 0 Å². The molecule has 0 saturated carbocycles. The van der Waals surface area contributed by atoms with E-state index in [0.29, 0.717) is 36.8 Å². The molecular formula is C25H25N3O3. The first-order chi connectivity index (χ1) is 15.2. The van der Waals surface area contributed by atoms with Gasteiger partial charge in [-0.3, -0.25) is 9.78 Å². The summed E-state index contributed by atoms with van der Waals surface area (Å²) in [4.78, 5) is 20.0. The summed E-state index contributed by atoms with van der Waals surface area (Å²) in [5.41, 5.74) is 3.79. The third-order valence-corrected chi connectivity index (χ3v) is 4.98. The van der Waals surface area contributed by atoms with Crippen molar-refractivity contribution in [2.45, 2.75) is 20.0 Å². The molecule has 4 aromatic rings. The normalized spacial score (nSPS) is 10.7. The van der Waals surface area contributed by atoms with E-state index in [0.717, 1.165) is 17.5 Å². The first-order valence-corrected chi connectivity index (χ1v) is 10.4. The third-order valence-electron chi connectivity index (χ3n) is 4.98. The first-order valence-electron chi connectivity index (χ1n) is 10.4. The van der Waals surface area contributed by atoms with Crippen molar-refractivity contribution in [3.05, 3.63) is 89.9 Å². The van der Waals surface area contributed by atoms with E-state index in [1.807, 2.05) is 43.5 Å². The van der Waals surface area contributed by atoms with Crippen LogP contribution in [0.4, 0.5) is 0 Å². The van der Waals surface area contributed by atoms with Crippen LogP contribution in [0.1, 0.15) is 28.4 Å². The summed E-state index contributed by atoms with van der Waals surface area (Å²) in [6.07, 6.45) is 6.23. The second-order valence-electron chi connectivity index (χ2n) is 7.11. The lowest BCUT2D eigenvalue weighted by Gasteiger charge is -2.13. The van der Waals surface area contributed by atoms with Crippen molar-refractivity contribution in [3.8, 4) is 11.5 Å². The molecule has 31 heavy (non-hydrogen) atoms. The maximum absolute atomic E-state index is 12.7. The Morgan fingerprint density at radius 2 is 1.97 bits per heavy atom. The van der Waals surface area contributed by atoms with Crippen LogP contribution in [0.25, 0.3) is 10.9 Å². The van der Waals surface area contributed by atoms with E-state index in [9.17, 15) is 4.79 Å². The fourth-order valence-electron chi connectivity index (χ4n) is 3.43. The second kappa shape index (κ2) is 9.80. The lowest BCUT2D eigenvalue weighted by atomic mass is 10.1. The van der Waals surface area contributed by atoms with Crippen LogP contribution in [0.15, 0.2) is 73.2 Å². The number of nitrogens with zero attached hydrogens (tertiary/aromatic N) is 1. The van der Waals surface area contributed by atoms with Crippen LogP contribution >= 0.6 is 0 Å². The molecule has 0 spiro atoms. The quantitative estimate of drug-likeness (QED) is 0.422. The fourth-order valence-corrected chi connectivity index (χ4v) is 3.43. The number of hydrogen-bond donors (Lipinski definition) is 2. The third kappa shape index (κ3) is 5.04. The van der Waals surface area contributed by atoms with E-state index in [4.69, 9.17) is 9.47 Å². The Morgan fingerprint density at radius 1 is 1.06 bits per heavy atom. The Morgan fingerprint density at radius 3 is 2.81 bits per heavy atom. The van der Waals surface area contributed by atoms with E-state index < -0.39 is 0 Å². The Kier molecular flexibility index (Phi) is 6.47. The number of aromatic amines is 1. The van der Waals surface area contributed by atoms with Gasteiger partial charge >= 0.3 is 0 Å².